The van der Waals surface area contributed by atoms with Crippen molar-refractivity contribution in [3.8, 4) is 0 Å². The number of likely N-dealkylation sites (N-methyl/N-ethyl adjacent to an activating group) is 1. The molecule has 0 bridgehead atoms. The van der Waals surface area contributed by atoms with Gasteiger partial charge in [0, 0.05) is 38.1 Å². The molecule has 1 saturated heterocycles. The molecule has 1 amide bonds. The van der Waals surface area contributed by atoms with Crippen LogP contribution in [0.4, 0.5) is 0 Å². The molecule has 4 heteroatoms. The predicted molar refractivity (Wildman–Crippen MR) is 72.7 cm³/mol. The lowest BCUT2D eigenvalue weighted by atomic mass is 10.2. The first kappa shape index (κ1) is 13.1. The standard InChI is InChI=1S/C14H23N3O/c1-11-9-17(13(3)12(11)2)10-14(18)16-7-5-15(4)6-8-16/h9H,5-8,10H2,1-4H3. The summed E-state index contributed by atoms with van der Waals surface area (Å²) in [5.74, 6) is 0.237. The second kappa shape index (κ2) is 5.14. The molecule has 1 aromatic rings. The van der Waals surface area contributed by atoms with Gasteiger partial charge in [-0.1, -0.05) is 0 Å². The fourth-order valence-corrected chi connectivity index (χ4v) is 2.39. The van der Waals surface area contributed by atoms with Crippen LogP contribution in [-0.2, 0) is 11.3 Å². The van der Waals surface area contributed by atoms with Gasteiger partial charge in [0.05, 0.1) is 0 Å². The van der Waals surface area contributed by atoms with Gasteiger partial charge < -0.3 is 14.4 Å². The van der Waals surface area contributed by atoms with Crippen LogP contribution in [0.1, 0.15) is 16.8 Å². The number of hydrogen-bond donors (Lipinski definition) is 0. The van der Waals surface area contributed by atoms with Crippen LogP contribution in [0.5, 0.6) is 0 Å². The van der Waals surface area contributed by atoms with Gasteiger partial charge in [0.2, 0.25) is 5.91 Å². The zero-order valence-corrected chi connectivity index (χ0v) is 11.9. The van der Waals surface area contributed by atoms with Crippen molar-refractivity contribution in [2.24, 2.45) is 0 Å². The largest absolute Gasteiger partial charge is 0.342 e. The number of carbonyl (C=O) groups is 1. The van der Waals surface area contributed by atoms with E-state index in [-0.39, 0.29) is 5.91 Å². The number of amides is 1. The fourth-order valence-electron chi connectivity index (χ4n) is 2.39. The Hall–Kier alpha value is -1.29. The predicted octanol–water partition coefficient (Wildman–Crippen LogP) is 1.19. The summed E-state index contributed by atoms with van der Waals surface area (Å²) in [4.78, 5) is 16.5. The quantitative estimate of drug-likeness (QED) is 0.787. The maximum absolute atomic E-state index is 12.2. The van der Waals surface area contributed by atoms with Crippen molar-refractivity contribution >= 4 is 5.91 Å². The fraction of sp³-hybridized carbons (Fsp3) is 0.643. The molecule has 1 aliphatic heterocycles. The summed E-state index contributed by atoms with van der Waals surface area (Å²) in [6, 6.07) is 0. The van der Waals surface area contributed by atoms with Gasteiger partial charge in [-0.2, -0.15) is 0 Å². The van der Waals surface area contributed by atoms with Gasteiger partial charge in [-0.05, 0) is 38.9 Å². The lowest BCUT2D eigenvalue weighted by molar-refractivity contribution is -0.133. The van der Waals surface area contributed by atoms with Crippen LogP contribution in [-0.4, -0.2) is 53.5 Å². The average molecular weight is 249 g/mol. The van der Waals surface area contributed by atoms with Crippen LogP contribution >= 0.6 is 0 Å². The summed E-state index contributed by atoms with van der Waals surface area (Å²) in [6.07, 6.45) is 2.08. The number of aryl methyl sites for hydroxylation is 1. The first-order chi connectivity index (χ1) is 8.49. The molecule has 0 aromatic carbocycles. The van der Waals surface area contributed by atoms with Gasteiger partial charge in [0.25, 0.3) is 0 Å². The van der Waals surface area contributed by atoms with E-state index in [4.69, 9.17) is 0 Å². The van der Waals surface area contributed by atoms with Gasteiger partial charge in [0.1, 0.15) is 6.54 Å². The smallest absolute Gasteiger partial charge is 0.242 e. The number of nitrogens with zero attached hydrogens (tertiary/aromatic N) is 3. The first-order valence-electron chi connectivity index (χ1n) is 6.58. The van der Waals surface area contributed by atoms with E-state index in [9.17, 15) is 4.79 Å². The summed E-state index contributed by atoms with van der Waals surface area (Å²) in [6.45, 7) is 10.4. The van der Waals surface area contributed by atoms with Crippen LogP contribution in [0.25, 0.3) is 0 Å². The third-order valence-corrected chi connectivity index (χ3v) is 4.08. The van der Waals surface area contributed by atoms with Crippen molar-refractivity contribution in [1.29, 1.82) is 0 Å². The molecule has 0 N–H and O–H groups in total. The minimum absolute atomic E-state index is 0.237. The molecule has 1 fully saturated rings. The van der Waals surface area contributed by atoms with Crippen molar-refractivity contribution in [2.45, 2.75) is 27.3 Å². The summed E-state index contributed by atoms with van der Waals surface area (Å²) >= 11 is 0. The van der Waals surface area contributed by atoms with Crippen LogP contribution in [0.3, 0.4) is 0 Å². The highest BCUT2D eigenvalue weighted by molar-refractivity contribution is 5.76. The van der Waals surface area contributed by atoms with Gasteiger partial charge in [-0.15, -0.1) is 0 Å². The molecule has 0 saturated carbocycles. The molecule has 0 spiro atoms. The molecule has 18 heavy (non-hydrogen) atoms. The van der Waals surface area contributed by atoms with E-state index in [0.29, 0.717) is 6.54 Å². The number of aromatic nitrogens is 1. The van der Waals surface area contributed by atoms with E-state index in [1.165, 1.54) is 16.8 Å². The summed E-state index contributed by atoms with van der Waals surface area (Å²) < 4.78 is 2.07. The lowest BCUT2D eigenvalue weighted by Gasteiger charge is -2.32. The molecule has 4 nitrogen and oxygen atoms in total. The third kappa shape index (κ3) is 2.58. The van der Waals surface area contributed by atoms with E-state index in [1.54, 1.807) is 0 Å². The maximum atomic E-state index is 12.2. The second-order valence-corrected chi connectivity index (χ2v) is 5.33. The van der Waals surface area contributed by atoms with Crippen LogP contribution in [0.2, 0.25) is 0 Å². The maximum Gasteiger partial charge on any atom is 0.242 e. The number of carbonyl (C=O) groups excluding carboxylic acids is 1. The highest BCUT2D eigenvalue weighted by Gasteiger charge is 2.19. The van der Waals surface area contributed by atoms with Gasteiger partial charge >= 0.3 is 0 Å². The monoisotopic (exact) mass is 249 g/mol. The molecule has 100 valence electrons. The highest BCUT2D eigenvalue weighted by Crippen LogP contribution is 2.15. The van der Waals surface area contributed by atoms with Gasteiger partial charge in [-0.25, -0.2) is 0 Å². The van der Waals surface area contributed by atoms with Gasteiger partial charge in [0.15, 0.2) is 0 Å². The van der Waals surface area contributed by atoms with E-state index in [1.807, 2.05) is 4.90 Å². The van der Waals surface area contributed by atoms with Crippen LogP contribution in [0.15, 0.2) is 6.20 Å². The Labute approximate surface area is 109 Å². The Morgan fingerprint density at radius 1 is 1.17 bits per heavy atom. The van der Waals surface area contributed by atoms with Crippen LogP contribution < -0.4 is 0 Å². The molecule has 0 aliphatic carbocycles. The summed E-state index contributed by atoms with van der Waals surface area (Å²) in [5.41, 5.74) is 3.76. The van der Waals surface area contributed by atoms with Gasteiger partial charge in [-0.3, -0.25) is 4.79 Å². The molecule has 0 atom stereocenters. The zero-order valence-electron chi connectivity index (χ0n) is 11.9. The van der Waals surface area contributed by atoms with Crippen molar-refractivity contribution < 1.29 is 4.79 Å². The first-order valence-corrected chi connectivity index (χ1v) is 6.58. The normalized spacial score (nSPS) is 17.2. The molecule has 2 rings (SSSR count). The topological polar surface area (TPSA) is 28.5 Å². The number of piperazine rings is 1. The van der Waals surface area contributed by atoms with E-state index in [2.05, 4.69) is 43.5 Å². The Morgan fingerprint density at radius 2 is 1.78 bits per heavy atom. The van der Waals surface area contributed by atoms with Crippen molar-refractivity contribution in [3.63, 3.8) is 0 Å². The van der Waals surface area contributed by atoms with Crippen LogP contribution in [0, 0.1) is 20.8 Å². The molecule has 1 aromatic heterocycles. The van der Waals surface area contributed by atoms with E-state index >= 15 is 0 Å². The van der Waals surface area contributed by atoms with E-state index < -0.39 is 0 Å². The highest BCUT2D eigenvalue weighted by atomic mass is 16.2. The average Bonchev–Trinajstić information content (AvgIpc) is 2.58. The number of hydrogen-bond acceptors (Lipinski definition) is 2. The molecule has 2 heterocycles. The summed E-state index contributed by atoms with van der Waals surface area (Å²) in [5, 5.41) is 0. The molecular weight excluding hydrogens is 226 g/mol. The second-order valence-electron chi connectivity index (χ2n) is 5.33. The Balaban J connectivity index is 2.01. The summed E-state index contributed by atoms with van der Waals surface area (Å²) in [7, 11) is 2.10. The Kier molecular flexibility index (Phi) is 3.76. The van der Waals surface area contributed by atoms with Crippen molar-refractivity contribution in [2.75, 3.05) is 33.2 Å². The zero-order chi connectivity index (χ0) is 13.3. The third-order valence-electron chi connectivity index (χ3n) is 4.08. The minimum Gasteiger partial charge on any atom is -0.342 e. The molecular formula is C14H23N3O. The SMILES string of the molecule is Cc1cn(CC(=O)N2CCN(C)CC2)c(C)c1C. The Bertz CT molecular complexity index is 442. The molecule has 1 aliphatic rings. The van der Waals surface area contributed by atoms with E-state index in [0.717, 1.165) is 26.2 Å². The van der Waals surface area contributed by atoms with Crippen molar-refractivity contribution in [3.05, 3.63) is 23.0 Å². The number of rotatable bonds is 2. The molecule has 0 radical (unpaired) electrons. The molecule has 0 unspecified atom stereocenters. The lowest BCUT2D eigenvalue weighted by Crippen LogP contribution is -2.48. The Morgan fingerprint density at radius 3 is 2.28 bits per heavy atom. The minimum atomic E-state index is 0.237. The van der Waals surface area contributed by atoms with Crippen molar-refractivity contribution in [1.82, 2.24) is 14.4 Å².